The number of amides is 2. The first-order valence-electron chi connectivity index (χ1n) is 5.49. The topological polar surface area (TPSA) is 49.4 Å². The van der Waals surface area contributed by atoms with Gasteiger partial charge in [0, 0.05) is 17.6 Å². The van der Waals surface area contributed by atoms with Crippen molar-refractivity contribution >= 4 is 35.2 Å². The number of carbonyl (C=O) groups excluding carboxylic acids is 2. The Morgan fingerprint density at radius 2 is 2.28 bits per heavy atom. The molecule has 0 aromatic heterocycles. The highest BCUT2D eigenvalue weighted by atomic mass is 35.5. The molecule has 1 aliphatic rings. The SMILES string of the molecule is CNC(=O)CN1C(=O)CSC1c1ccccc1Cl. The van der Waals surface area contributed by atoms with Gasteiger partial charge in [-0.05, 0) is 6.07 Å². The van der Waals surface area contributed by atoms with Gasteiger partial charge in [0.2, 0.25) is 11.8 Å². The number of nitrogens with one attached hydrogen (secondary N) is 1. The minimum absolute atomic E-state index is 0.0338. The van der Waals surface area contributed by atoms with Crippen LogP contribution in [0.3, 0.4) is 0 Å². The summed E-state index contributed by atoms with van der Waals surface area (Å²) in [7, 11) is 1.56. The molecule has 6 heteroatoms. The number of hydrogen-bond donors (Lipinski definition) is 1. The van der Waals surface area contributed by atoms with Crippen LogP contribution in [0.2, 0.25) is 5.02 Å². The lowest BCUT2D eigenvalue weighted by Crippen LogP contribution is -2.38. The summed E-state index contributed by atoms with van der Waals surface area (Å²) in [6.07, 6.45) is 0. The molecule has 1 fully saturated rings. The normalized spacial score (nSPS) is 19.1. The Balaban J connectivity index is 2.24. The third kappa shape index (κ3) is 2.62. The second kappa shape index (κ2) is 5.63. The van der Waals surface area contributed by atoms with Crippen LogP contribution in [0.4, 0.5) is 0 Å². The summed E-state index contributed by atoms with van der Waals surface area (Å²) in [6, 6.07) is 7.40. The number of carbonyl (C=O) groups is 2. The summed E-state index contributed by atoms with van der Waals surface area (Å²) in [6.45, 7) is 0.0677. The summed E-state index contributed by atoms with van der Waals surface area (Å²) < 4.78 is 0. The van der Waals surface area contributed by atoms with Crippen molar-refractivity contribution < 1.29 is 9.59 Å². The maximum Gasteiger partial charge on any atom is 0.239 e. The minimum Gasteiger partial charge on any atom is -0.358 e. The van der Waals surface area contributed by atoms with Crippen LogP contribution in [0.15, 0.2) is 24.3 Å². The third-order valence-corrected chi connectivity index (χ3v) is 4.31. The maximum atomic E-state index is 11.8. The predicted molar refractivity (Wildman–Crippen MR) is 72.4 cm³/mol. The molecule has 0 spiro atoms. The first-order valence-corrected chi connectivity index (χ1v) is 6.92. The first-order chi connectivity index (χ1) is 8.63. The molecule has 1 aromatic rings. The Morgan fingerprint density at radius 1 is 1.56 bits per heavy atom. The van der Waals surface area contributed by atoms with E-state index < -0.39 is 0 Å². The summed E-state index contributed by atoms with van der Waals surface area (Å²) in [5.74, 6) is 0.170. The average molecular weight is 285 g/mol. The molecule has 1 atom stereocenters. The van der Waals surface area contributed by atoms with Crippen molar-refractivity contribution in [3.8, 4) is 0 Å². The lowest BCUT2D eigenvalue weighted by atomic mass is 10.2. The number of rotatable bonds is 3. The van der Waals surface area contributed by atoms with Gasteiger partial charge in [0.05, 0.1) is 5.75 Å². The van der Waals surface area contributed by atoms with Gasteiger partial charge < -0.3 is 10.2 Å². The Bertz CT molecular complexity index is 481. The average Bonchev–Trinajstić information content (AvgIpc) is 2.72. The van der Waals surface area contributed by atoms with E-state index in [1.807, 2.05) is 18.2 Å². The number of halogens is 1. The van der Waals surface area contributed by atoms with Crippen molar-refractivity contribution in [1.29, 1.82) is 0 Å². The molecule has 0 saturated carbocycles. The molecule has 0 bridgehead atoms. The molecule has 1 N–H and O–H groups in total. The zero-order chi connectivity index (χ0) is 13.1. The molecule has 1 saturated heterocycles. The third-order valence-electron chi connectivity index (χ3n) is 2.73. The number of benzene rings is 1. The summed E-state index contributed by atoms with van der Waals surface area (Å²) in [4.78, 5) is 24.8. The maximum absolute atomic E-state index is 11.8. The largest absolute Gasteiger partial charge is 0.358 e. The van der Waals surface area contributed by atoms with Gasteiger partial charge in [0.15, 0.2) is 0 Å². The van der Waals surface area contributed by atoms with E-state index in [2.05, 4.69) is 5.32 Å². The second-order valence-corrected chi connectivity index (χ2v) is 5.36. The summed E-state index contributed by atoms with van der Waals surface area (Å²) >= 11 is 7.63. The van der Waals surface area contributed by atoms with Crippen LogP contribution >= 0.6 is 23.4 Å². The molecule has 96 valence electrons. The van der Waals surface area contributed by atoms with Gasteiger partial charge in [-0.15, -0.1) is 11.8 Å². The van der Waals surface area contributed by atoms with Crippen LogP contribution in [0.1, 0.15) is 10.9 Å². The number of thioether (sulfide) groups is 1. The summed E-state index contributed by atoms with van der Waals surface area (Å²) in [5.41, 5.74) is 0.874. The van der Waals surface area contributed by atoms with Gasteiger partial charge in [-0.1, -0.05) is 29.8 Å². The molecule has 0 aliphatic carbocycles. The molecule has 1 heterocycles. The van der Waals surface area contributed by atoms with E-state index in [9.17, 15) is 9.59 Å². The minimum atomic E-state index is -0.178. The molecule has 1 aliphatic heterocycles. The molecule has 1 unspecified atom stereocenters. The fourth-order valence-electron chi connectivity index (χ4n) is 1.79. The van der Waals surface area contributed by atoms with Gasteiger partial charge >= 0.3 is 0 Å². The predicted octanol–water partition coefficient (Wildman–Crippen LogP) is 1.66. The van der Waals surface area contributed by atoms with E-state index in [0.29, 0.717) is 10.8 Å². The van der Waals surface area contributed by atoms with Crippen molar-refractivity contribution in [3.63, 3.8) is 0 Å². The van der Waals surface area contributed by atoms with Crippen LogP contribution in [-0.4, -0.2) is 36.1 Å². The monoisotopic (exact) mass is 284 g/mol. The van der Waals surface area contributed by atoms with E-state index >= 15 is 0 Å². The highest BCUT2D eigenvalue weighted by molar-refractivity contribution is 8.00. The number of likely N-dealkylation sites (N-methyl/N-ethyl adjacent to an activating group) is 1. The zero-order valence-electron chi connectivity index (χ0n) is 9.85. The van der Waals surface area contributed by atoms with E-state index in [0.717, 1.165) is 5.56 Å². The van der Waals surface area contributed by atoms with E-state index in [1.165, 1.54) is 11.8 Å². The molecule has 1 aromatic carbocycles. The van der Waals surface area contributed by atoms with Gasteiger partial charge in [0.1, 0.15) is 11.9 Å². The number of nitrogens with zero attached hydrogens (tertiary/aromatic N) is 1. The second-order valence-electron chi connectivity index (χ2n) is 3.88. The van der Waals surface area contributed by atoms with E-state index in [1.54, 1.807) is 18.0 Å². The fourth-order valence-corrected chi connectivity index (χ4v) is 3.32. The van der Waals surface area contributed by atoms with E-state index in [4.69, 9.17) is 11.6 Å². The number of hydrogen-bond acceptors (Lipinski definition) is 3. The van der Waals surface area contributed by atoms with Crippen molar-refractivity contribution in [2.45, 2.75) is 5.37 Å². The standard InChI is InChI=1S/C12H13ClN2O2S/c1-14-10(16)6-15-11(17)7-18-12(15)8-4-2-3-5-9(8)13/h2-5,12H,6-7H2,1H3,(H,14,16). The van der Waals surface area contributed by atoms with Crippen molar-refractivity contribution in [2.24, 2.45) is 0 Å². The Kier molecular flexibility index (Phi) is 4.14. The van der Waals surface area contributed by atoms with Gasteiger partial charge in [0.25, 0.3) is 0 Å². The van der Waals surface area contributed by atoms with Crippen LogP contribution in [0.25, 0.3) is 0 Å². The summed E-state index contributed by atoms with van der Waals surface area (Å²) in [5, 5.41) is 2.96. The van der Waals surface area contributed by atoms with Crippen molar-refractivity contribution in [1.82, 2.24) is 10.2 Å². The van der Waals surface area contributed by atoms with Gasteiger partial charge in [-0.3, -0.25) is 9.59 Å². The van der Waals surface area contributed by atoms with Crippen molar-refractivity contribution in [2.75, 3.05) is 19.3 Å². The lowest BCUT2D eigenvalue weighted by molar-refractivity contribution is -0.133. The molecular weight excluding hydrogens is 272 g/mol. The van der Waals surface area contributed by atoms with Gasteiger partial charge in [-0.2, -0.15) is 0 Å². The molecule has 2 rings (SSSR count). The van der Waals surface area contributed by atoms with Crippen molar-refractivity contribution in [3.05, 3.63) is 34.9 Å². The zero-order valence-corrected chi connectivity index (χ0v) is 11.4. The first kappa shape index (κ1) is 13.2. The highest BCUT2D eigenvalue weighted by Gasteiger charge is 2.34. The molecule has 0 radical (unpaired) electrons. The van der Waals surface area contributed by atoms with Crippen LogP contribution in [0.5, 0.6) is 0 Å². The molecule has 4 nitrogen and oxygen atoms in total. The molecule has 2 amide bonds. The van der Waals surface area contributed by atoms with E-state index in [-0.39, 0.29) is 23.7 Å². The Hall–Kier alpha value is -1.20. The van der Waals surface area contributed by atoms with Crippen LogP contribution < -0.4 is 5.32 Å². The lowest BCUT2D eigenvalue weighted by Gasteiger charge is -2.24. The van der Waals surface area contributed by atoms with Crippen LogP contribution in [0, 0.1) is 0 Å². The smallest absolute Gasteiger partial charge is 0.239 e. The molecular formula is C12H13ClN2O2S. The Morgan fingerprint density at radius 3 is 2.94 bits per heavy atom. The fraction of sp³-hybridized carbons (Fsp3) is 0.333. The van der Waals surface area contributed by atoms with Gasteiger partial charge in [-0.25, -0.2) is 0 Å². The highest BCUT2D eigenvalue weighted by Crippen LogP contribution is 2.40. The molecule has 18 heavy (non-hydrogen) atoms. The van der Waals surface area contributed by atoms with Crippen LogP contribution in [-0.2, 0) is 9.59 Å². The quantitative estimate of drug-likeness (QED) is 0.918. The Labute approximate surface area is 115 Å².